The standard InChI is InChI=1S/C19H22N2O3/c1-13-3-5-14(6-4-13)11-20-19(22)21-16-9-15-10-17(23-2)7-8-18(15)24-12-16/h3-8,10,16H,9,11-12H2,1-2H3,(H2,20,21,22). The molecule has 0 spiro atoms. The van der Waals surface area contributed by atoms with Crippen molar-refractivity contribution < 1.29 is 14.3 Å². The second-order valence-electron chi connectivity index (χ2n) is 6.00. The van der Waals surface area contributed by atoms with Gasteiger partial charge in [-0.3, -0.25) is 0 Å². The molecule has 1 atom stereocenters. The summed E-state index contributed by atoms with van der Waals surface area (Å²) in [6, 6.07) is 13.6. The van der Waals surface area contributed by atoms with Crippen molar-refractivity contribution in [3.63, 3.8) is 0 Å². The highest BCUT2D eigenvalue weighted by Crippen LogP contribution is 2.28. The minimum Gasteiger partial charge on any atom is -0.497 e. The van der Waals surface area contributed by atoms with E-state index in [0.717, 1.165) is 29.0 Å². The molecule has 0 saturated heterocycles. The number of hydrogen-bond donors (Lipinski definition) is 2. The number of ether oxygens (including phenoxy) is 2. The van der Waals surface area contributed by atoms with Crippen molar-refractivity contribution >= 4 is 6.03 Å². The van der Waals surface area contributed by atoms with Gasteiger partial charge in [0, 0.05) is 6.54 Å². The fourth-order valence-electron chi connectivity index (χ4n) is 2.72. The Labute approximate surface area is 142 Å². The lowest BCUT2D eigenvalue weighted by Crippen LogP contribution is -2.47. The Morgan fingerprint density at radius 3 is 2.79 bits per heavy atom. The van der Waals surface area contributed by atoms with Crippen LogP contribution < -0.4 is 20.1 Å². The van der Waals surface area contributed by atoms with E-state index in [1.165, 1.54) is 5.56 Å². The van der Waals surface area contributed by atoms with Crippen LogP contribution in [-0.2, 0) is 13.0 Å². The van der Waals surface area contributed by atoms with Gasteiger partial charge in [0.2, 0.25) is 0 Å². The molecule has 2 aromatic carbocycles. The molecule has 1 heterocycles. The SMILES string of the molecule is COc1ccc2c(c1)CC(NC(=O)NCc1ccc(C)cc1)CO2. The molecule has 0 aromatic heterocycles. The molecule has 1 aliphatic heterocycles. The summed E-state index contributed by atoms with van der Waals surface area (Å²) in [7, 11) is 1.64. The summed E-state index contributed by atoms with van der Waals surface area (Å²) < 4.78 is 11.0. The lowest BCUT2D eigenvalue weighted by molar-refractivity contribution is 0.214. The number of amides is 2. The van der Waals surface area contributed by atoms with E-state index in [0.29, 0.717) is 13.2 Å². The maximum absolute atomic E-state index is 12.1. The van der Waals surface area contributed by atoms with Gasteiger partial charge in [-0.05, 0) is 42.7 Å². The average molecular weight is 326 g/mol. The van der Waals surface area contributed by atoms with Crippen molar-refractivity contribution in [2.45, 2.75) is 25.9 Å². The Kier molecular flexibility index (Phi) is 4.89. The molecule has 1 unspecified atom stereocenters. The van der Waals surface area contributed by atoms with Crippen LogP contribution in [0.2, 0.25) is 0 Å². The number of hydrogen-bond acceptors (Lipinski definition) is 3. The molecule has 0 aliphatic carbocycles. The highest BCUT2D eigenvalue weighted by Gasteiger charge is 2.21. The molecule has 3 rings (SSSR count). The Hall–Kier alpha value is -2.69. The number of rotatable bonds is 4. The maximum Gasteiger partial charge on any atom is 0.315 e. The van der Waals surface area contributed by atoms with E-state index >= 15 is 0 Å². The van der Waals surface area contributed by atoms with Gasteiger partial charge < -0.3 is 20.1 Å². The lowest BCUT2D eigenvalue weighted by Gasteiger charge is -2.26. The van der Waals surface area contributed by atoms with Crippen LogP contribution in [0.15, 0.2) is 42.5 Å². The number of fused-ring (bicyclic) bond motifs is 1. The second-order valence-corrected chi connectivity index (χ2v) is 6.00. The normalized spacial score (nSPS) is 15.8. The van der Waals surface area contributed by atoms with Crippen LogP contribution in [0.25, 0.3) is 0 Å². The summed E-state index contributed by atoms with van der Waals surface area (Å²) in [4.78, 5) is 12.1. The highest BCUT2D eigenvalue weighted by atomic mass is 16.5. The summed E-state index contributed by atoms with van der Waals surface area (Å²) >= 11 is 0. The fourth-order valence-corrected chi connectivity index (χ4v) is 2.72. The Morgan fingerprint density at radius 1 is 1.25 bits per heavy atom. The molecule has 126 valence electrons. The molecule has 0 fully saturated rings. The summed E-state index contributed by atoms with van der Waals surface area (Å²) in [5.74, 6) is 1.65. The summed E-state index contributed by atoms with van der Waals surface area (Å²) in [5, 5.41) is 5.84. The first-order valence-corrected chi connectivity index (χ1v) is 8.03. The number of carbonyl (C=O) groups excluding carboxylic acids is 1. The molecule has 2 N–H and O–H groups in total. The molecule has 1 aliphatic rings. The van der Waals surface area contributed by atoms with Crippen molar-refractivity contribution in [1.82, 2.24) is 10.6 Å². The topological polar surface area (TPSA) is 59.6 Å². The fraction of sp³-hybridized carbons (Fsp3) is 0.316. The zero-order valence-corrected chi connectivity index (χ0v) is 14.0. The van der Waals surface area contributed by atoms with Gasteiger partial charge in [0.1, 0.15) is 18.1 Å². The molecule has 2 amide bonds. The van der Waals surface area contributed by atoms with Crippen LogP contribution >= 0.6 is 0 Å². The van der Waals surface area contributed by atoms with Crippen molar-refractivity contribution in [3.05, 3.63) is 59.2 Å². The molecule has 5 heteroatoms. The first-order chi connectivity index (χ1) is 11.6. The smallest absolute Gasteiger partial charge is 0.315 e. The van der Waals surface area contributed by atoms with Gasteiger partial charge in [0.05, 0.1) is 13.2 Å². The molecular weight excluding hydrogens is 304 g/mol. The Balaban J connectivity index is 1.52. The Morgan fingerprint density at radius 2 is 2.04 bits per heavy atom. The number of benzene rings is 2. The van der Waals surface area contributed by atoms with E-state index in [1.807, 2.05) is 49.4 Å². The van der Waals surface area contributed by atoms with Crippen molar-refractivity contribution in [2.75, 3.05) is 13.7 Å². The minimum absolute atomic E-state index is 0.0531. The van der Waals surface area contributed by atoms with Crippen molar-refractivity contribution in [1.29, 1.82) is 0 Å². The van der Waals surface area contributed by atoms with Crippen LogP contribution in [-0.4, -0.2) is 25.8 Å². The second kappa shape index (κ2) is 7.25. The third-order valence-corrected chi connectivity index (χ3v) is 4.08. The van der Waals surface area contributed by atoms with E-state index in [4.69, 9.17) is 9.47 Å². The van der Waals surface area contributed by atoms with Crippen LogP contribution in [0.5, 0.6) is 11.5 Å². The highest BCUT2D eigenvalue weighted by molar-refractivity contribution is 5.74. The van der Waals surface area contributed by atoms with Gasteiger partial charge in [0.25, 0.3) is 0 Å². The van der Waals surface area contributed by atoms with Gasteiger partial charge in [-0.25, -0.2) is 4.79 Å². The zero-order valence-electron chi connectivity index (χ0n) is 14.0. The van der Waals surface area contributed by atoms with Crippen LogP contribution in [0.4, 0.5) is 4.79 Å². The molecule has 0 radical (unpaired) electrons. The molecule has 0 bridgehead atoms. The third kappa shape index (κ3) is 3.98. The molecular formula is C19H22N2O3. The van der Waals surface area contributed by atoms with Gasteiger partial charge in [0.15, 0.2) is 0 Å². The average Bonchev–Trinajstić information content (AvgIpc) is 2.60. The van der Waals surface area contributed by atoms with Crippen molar-refractivity contribution in [3.8, 4) is 11.5 Å². The van der Waals surface area contributed by atoms with E-state index in [1.54, 1.807) is 7.11 Å². The quantitative estimate of drug-likeness (QED) is 0.908. The summed E-state index contributed by atoms with van der Waals surface area (Å²) in [5.41, 5.74) is 3.33. The number of methoxy groups -OCH3 is 1. The predicted octanol–water partition coefficient (Wildman–Crippen LogP) is 2.81. The monoisotopic (exact) mass is 326 g/mol. The predicted molar refractivity (Wildman–Crippen MR) is 92.5 cm³/mol. The lowest BCUT2D eigenvalue weighted by atomic mass is 10.0. The third-order valence-electron chi connectivity index (χ3n) is 4.08. The van der Waals surface area contributed by atoms with Gasteiger partial charge in [-0.15, -0.1) is 0 Å². The zero-order chi connectivity index (χ0) is 16.9. The molecule has 24 heavy (non-hydrogen) atoms. The van der Waals surface area contributed by atoms with Gasteiger partial charge >= 0.3 is 6.03 Å². The summed E-state index contributed by atoms with van der Waals surface area (Å²) in [6.07, 6.45) is 0.727. The van der Waals surface area contributed by atoms with E-state index in [2.05, 4.69) is 10.6 Å². The minimum atomic E-state index is -0.185. The number of urea groups is 1. The molecule has 0 saturated carbocycles. The van der Waals surface area contributed by atoms with E-state index in [9.17, 15) is 4.79 Å². The maximum atomic E-state index is 12.1. The molecule has 2 aromatic rings. The first kappa shape index (κ1) is 16.2. The largest absolute Gasteiger partial charge is 0.497 e. The Bertz CT molecular complexity index is 713. The number of nitrogens with one attached hydrogen (secondary N) is 2. The number of carbonyl (C=O) groups is 1. The number of aryl methyl sites for hydroxylation is 1. The first-order valence-electron chi connectivity index (χ1n) is 8.03. The van der Waals surface area contributed by atoms with Crippen LogP contribution in [0, 0.1) is 6.92 Å². The van der Waals surface area contributed by atoms with Gasteiger partial charge in [-0.2, -0.15) is 0 Å². The van der Waals surface area contributed by atoms with Gasteiger partial charge in [-0.1, -0.05) is 29.8 Å². The summed E-state index contributed by atoms with van der Waals surface area (Å²) in [6.45, 7) is 3.02. The van der Waals surface area contributed by atoms with Crippen LogP contribution in [0.3, 0.4) is 0 Å². The van der Waals surface area contributed by atoms with Crippen LogP contribution in [0.1, 0.15) is 16.7 Å². The molecule has 5 nitrogen and oxygen atoms in total. The van der Waals surface area contributed by atoms with Crippen molar-refractivity contribution in [2.24, 2.45) is 0 Å². The van der Waals surface area contributed by atoms with E-state index in [-0.39, 0.29) is 12.1 Å². The van der Waals surface area contributed by atoms with E-state index < -0.39 is 0 Å².